The van der Waals surface area contributed by atoms with Gasteiger partial charge in [0.1, 0.15) is 5.75 Å². The Morgan fingerprint density at radius 1 is 0.931 bits per heavy atom. The molecule has 0 aromatic heterocycles. The molecule has 0 unspecified atom stereocenters. The molecule has 3 aromatic carbocycles. The van der Waals surface area contributed by atoms with Gasteiger partial charge in [0.2, 0.25) is 0 Å². The lowest BCUT2D eigenvalue weighted by molar-refractivity contribution is -0.118. The van der Waals surface area contributed by atoms with Crippen molar-refractivity contribution in [3.05, 3.63) is 84.4 Å². The predicted octanol–water partition coefficient (Wildman–Crippen LogP) is 3.46. The van der Waals surface area contributed by atoms with Crippen molar-refractivity contribution in [2.24, 2.45) is 0 Å². The van der Waals surface area contributed by atoms with Gasteiger partial charge < -0.3 is 10.1 Å². The Labute approximate surface area is 169 Å². The van der Waals surface area contributed by atoms with E-state index in [0.717, 1.165) is 11.3 Å². The van der Waals surface area contributed by atoms with Gasteiger partial charge in [0.25, 0.3) is 15.9 Å². The highest BCUT2D eigenvalue weighted by Gasteiger charge is 2.30. The summed E-state index contributed by atoms with van der Waals surface area (Å²) in [6.45, 7) is 0.264. The zero-order valence-corrected chi connectivity index (χ0v) is 16.4. The number of carbonyl (C=O) groups excluding carboxylic acids is 1. The van der Waals surface area contributed by atoms with E-state index in [0.29, 0.717) is 24.4 Å². The van der Waals surface area contributed by atoms with Gasteiger partial charge in [0.05, 0.1) is 10.6 Å². The number of anilines is 2. The summed E-state index contributed by atoms with van der Waals surface area (Å²) < 4.78 is 32.9. The van der Waals surface area contributed by atoms with E-state index in [1.54, 1.807) is 24.3 Å². The number of benzene rings is 3. The quantitative estimate of drug-likeness (QED) is 0.678. The monoisotopic (exact) mass is 408 g/mol. The molecular formula is C22H20N2O4S. The molecule has 1 amide bonds. The molecule has 1 N–H and O–H groups in total. The average molecular weight is 408 g/mol. The van der Waals surface area contributed by atoms with Crippen molar-refractivity contribution in [3.8, 4) is 5.75 Å². The second-order valence-electron chi connectivity index (χ2n) is 6.63. The topological polar surface area (TPSA) is 75.7 Å². The summed E-state index contributed by atoms with van der Waals surface area (Å²) in [5.74, 6) is 0.135. The van der Waals surface area contributed by atoms with Crippen molar-refractivity contribution in [1.29, 1.82) is 0 Å². The average Bonchev–Trinajstić information content (AvgIpc) is 3.18. The van der Waals surface area contributed by atoms with Crippen LogP contribution in [-0.2, 0) is 21.2 Å². The first kappa shape index (κ1) is 19.0. The molecule has 0 saturated heterocycles. The molecule has 7 heteroatoms. The van der Waals surface area contributed by atoms with Crippen LogP contribution < -0.4 is 14.4 Å². The number of nitrogens with one attached hydrogen (secondary N) is 1. The molecule has 6 nitrogen and oxygen atoms in total. The lowest BCUT2D eigenvalue weighted by Crippen LogP contribution is -2.29. The summed E-state index contributed by atoms with van der Waals surface area (Å²) >= 11 is 0. The molecule has 29 heavy (non-hydrogen) atoms. The number of fused-ring (bicyclic) bond motifs is 1. The van der Waals surface area contributed by atoms with Gasteiger partial charge in [-0.15, -0.1) is 0 Å². The highest BCUT2D eigenvalue weighted by Crippen LogP contribution is 2.33. The van der Waals surface area contributed by atoms with Crippen molar-refractivity contribution in [2.75, 3.05) is 22.8 Å². The Morgan fingerprint density at radius 3 is 2.38 bits per heavy atom. The summed E-state index contributed by atoms with van der Waals surface area (Å²) in [7, 11) is -3.64. The third-order valence-corrected chi connectivity index (χ3v) is 6.51. The van der Waals surface area contributed by atoms with Crippen molar-refractivity contribution in [1.82, 2.24) is 0 Å². The van der Waals surface area contributed by atoms with Crippen LogP contribution in [0.3, 0.4) is 0 Å². The van der Waals surface area contributed by atoms with Gasteiger partial charge in [-0.3, -0.25) is 9.10 Å². The van der Waals surface area contributed by atoms with Gasteiger partial charge in [-0.2, -0.15) is 0 Å². The molecule has 0 radical (unpaired) electrons. The van der Waals surface area contributed by atoms with E-state index < -0.39 is 10.0 Å². The molecule has 1 aliphatic rings. The van der Waals surface area contributed by atoms with Crippen molar-refractivity contribution in [2.45, 2.75) is 11.3 Å². The smallest absolute Gasteiger partial charge is 0.264 e. The number of carbonyl (C=O) groups is 1. The van der Waals surface area contributed by atoms with Crippen molar-refractivity contribution < 1.29 is 17.9 Å². The molecule has 0 fully saturated rings. The molecule has 0 aliphatic carbocycles. The molecular weight excluding hydrogens is 388 g/mol. The second kappa shape index (κ2) is 7.97. The first-order chi connectivity index (χ1) is 14.0. The summed E-state index contributed by atoms with van der Waals surface area (Å²) in [6, 6.07) is 22.7. The zero-order chi connectivity index (χ0) is 20.3. The Bertz CT molecular complexity index is 1110. The van der Waals surface area contributed by atoms with Crippen LogP contribution in [0.2, 0.25) is 0 Å². The maximum absolute atomic E-state index is 13.0. The van der Waals surface area contributed by atoms with Crippen LogP contribution in [-0.4, -0.2) is 27.5 Å². The molecule has 1 heterocycles. The number of para-hydroxylation sites is 2. The van der Waals surface area contributed by atoms with Gasteiger partial charge in [-0.25, -0.2) is 8.42 Å². The molecule has 0 saturated carbocycles. The van der Waals surface area contributed by atoms with E-state index in [-0.39, 0.29) is 17.4 Å². The summed E-state index contributed by atoms with van der Waals surface area (Å²) in [6.07, 6.45) is 0.702. The van der Waals surface area contributed by atoms with Crippen LogP contribution >= 0.6 is 0 Å². The third kappa shape index (κ3) is 4.09. The Hall–Kier alpha value is -3.32. The minimum absolute atomic E-state index is 0.166. The highest BCUT2D eigenvalue weighted by molar-refractivity contribution is 7.92. The summed E-state index contributed by atoms with van der Waals surface area (Å²) in [4.78, 5) is 12.2. The van der Waals surface area contributed by atoms with Gasteiger partial charge in [0, 0.05) is 12.2 Å². The van der Waals surface area contributed by atoms with Crippen LogP contribution in [0.1, 0.15) is 5.56 Å². The molecule has 0 atom stereocenters. The van der Waals surface area contributed by atoms with Gasteiger partial charge in [-0.05, 0) is 54.4 Å². The molecule has 1 aliphatic heterocycles. The molecule has 3 aromatic rings. The van der Waals surface area contributed by atoms with E-state index in [1.165, 1.54) is 16.4 Å². The van der Waals surface area contributed by atoms with E-state index in [2.05, 4.69) is 5.32 Å². The number of ether oxygens (including phenoxy) is 1. The molecule has 148 valence electrons. The van der Waals surface area contributed by atoms with Gasteiger partial charge in [0.15, 0.2) is 6.61 Å². The predicted molar refractivity (Wildman–Crippen MR) is 112 cm³/mol. The van der Waals surface area contributed by atoms with Crippen molar-refractivity contribution in [3.63, 3.8) is 0 Å². The molecule has 0 spiro atoms. The number of hydrogen-bond acceptors (Lipinski definition) is 4. The Kier molecular flexibility index (Phi) is 5.22. The van der Waals surface area contributed by atoms with Crippen LogP contribution in [0.25, 0.3) is 0 Å². The number of sulfonamides is 1. The van der Waals surface area contributed by atoms with E-state index >= 15 is 0 Å². The van der Waals surface area contributed by atoms with Crippen LogP contribution in [0, 0.1) is 0 Å². The maximum Gasteiger partial charge on any atom is 0.264 e. The Balaban J connectivity index is 1.41. The normalized spacial score (nSPS) is 13.0. The van der Waals surface area contributed by atoms with Crippen LogP contribution in [0.5, 0.6) is 5.75 Å². The fourth-order valence-electron chi connectivity index (χ4n) is 3.26. The first-order valence-electron chi connectivity index (χ1n) is 9.22. The lowest BCUT2D eigenvalue weighted by atomic mass is 10.2. The molecule has 0 bridgehead atoms. The number of nitrogens with zero attached hydrogens (tertiary/aromatic N) is 1. The standard InChI is InChI=1S/C22H20N2O4S/c25-22(23-18-7-2-1-3-8-18)16-28-19-10-12-20(13-11-19)29(26,27)24-15-14-17-6-4-5-9-21(17)24/h1-13H,14-16H2,(H,23,25). The van der Waals surface area contributed by atoms with E-state index in [4.69, 9.17) is 4.74 Å². The third-order valence-electron chi connectivity index (χ3n) is 4.68. The number of amides is 1. The minimum Gasteiger partial charge on any atom is -0.484 e. The van der Waals surface area contributed by atoms with Crippen LogP contribution in [0.4, 0.5) is 11.4 Å². The summed E-state index contributed by atoms with van der Waals surface area (Å²) in [5, 5.41) is 2.73. The largest absolute Gasteiger partial charge is 0.484 e. The fourth-order valence-corrected chi connectivity index (χ4v) is 4.76. The molecule has 4 rings (SSSR count). The zero-order valence-electron chi connectivity index (χ0n) is 15.6. The highest BCUT2D eigenvalue weighted by atomic mass is 32.2. The Morgan fingerprint density at radius 2 is 1.62 bits per heavy atom. The van der Waals surface area contributed by atoms with Crippen molar-refractivity contribution >= 4 is 27.3 Å². The fraction of sp³-hybridized carbons (Fsp3) is 0.136. The van der Waals surface area contributed by atoms with Crippen LogP contribution in [0.15, 0.2) is 83.8 Å². The minimum atomic E-state index is -3.64. The van der Waals surface area contributed by atoms with Gasteiger partial charge >= 0.3 is 0 Å². The second-order valence-corrected chi connectivity index (χ2v) is 8.49. The van der Waals surface area contributed by atoms with E-state index in [1.807, 2.05) is 42.5 Å². The van der Waals surface area contributed by atoms with Gasteiger partial charge in [-0.1, -0.05) is 36.4 Å². The first-order valence-corrected chi connectivity index (χ1v) is 10.7. The number of rotatable bonds is 6. The number of hydrogen-bond donors (Lipinski definition) is 1. The SMILES string of the molecule is O=C(COc1ccc(S(=O)(=O)N2CCc3ccccc32)cc1)Nc1ccccc1. The van der Waals surface area contributed by atoms with E-state index in [9.17, 15) is 13.2 Å². The lowest BCUT2D eigenvalue weighted by Gasteiger charge is -2.19. The maximum atomic E-state index is 13.0. The summed E-state index contributed by atoms with van der Waals surface area (Å²) in [5.41, 5.74) is 2.44.